The molecular formula is C34H32N6O4S. The van der Waals surface area contributed by atoms with E-state index in [2.05, 4.69) is 26.6 Å². The van der Waals surface area contributed by atoms with Crippen LogP contribution in [-0.2, 0) is 4.79 Å². The summed E-state index contributed by atoms with van der Waals surface area (Å²) in [5.41, 5.74) is 5.06. The van der Waals surface area contributed by atoms with E-state index in [1.807, 2.05) is 79.1 Å². The van der Waals surface area contributed by atoms with E-state index in [0.29, 0.717) is 23.1 Å². The number of amides is 1. The number of anilines is 1. The van der Waals surface area contributed by atoms with Gasteiger partial charge in [0.05, 0.1) is 41.6 Å². The summed E-state index contributed by atoms with van der Waals surface area (Å²) in [5, 5.41) is 20.5. The number of carbonyl (C=O) groups is 1. The first-order valence-corrected chi connectivity index (χ1v) is 14.9. The molecule has 2 N–H and O–H groups in total. The number of hydrogen-bond acceptors (Lipinski definition) is 6. The first-order valence-electron chi connectivity index (χ1n) is 14.5. The Kier molecular flexibility index (Phi) is 8.18. The van der Waals surface area contributed by atoms with Crippen LogP contribution >= 0.6 is 12.2 Å². The van der Waals surface area contributed by atoms with Crippen molar-refractivity contribution in [3.8, 4) is 11.4 Å². The molecule has 11 heteroatoms. The number of methoxy groups -OCH3 is 1. The smallest absolute Gasteiger partial charge is 0.273 e. The molecule has 6 rings (SSSR count). The van der Waals surface area contributed by atoms with Crippen LogP contribution < -0.4 is 15.4 Å². The van der Waals surface area contributed by atoms with E-state index in [1.54, 1.807) is 12.3 Å². The second kappa shape index (κ2) is 12.4. The minimum absolute atomic E-state index is 0.0493. The lowest BCUT2D eigenvalue weighted by atomic mass is 9.96. The molecule has 5 aromatic rings. The van der Waals surface area contributed by atoms with Crippen LogP contribution in [0.5, 0.6) is 5.75 Å². The normalized spacial score (nSPS) is 16.1. The maximum Gasteiger partial charge on any atom is 0.273 e. The molecule has 228 valence electrons. The molecule has 0 saturated carbocycles. The highest BCUT2D eigenvalue weighted by Crippen LogP contribution is 2.42. The van der Waals surface area contributed by atoms with Crippen molar-refractivity contribution in [1.29, 1.82) is 0 Å². The zero-order valence-corrected chi connectivity index (χ0v) is 25.9. The fourth-order valence-electron chi connectivity index (χ4n) is 6.18. The van der Waals surface area contributed by atoms with E-state index in [0.717, 1.165) is 39.1 Å². The number of nitro benzene ring substituents is 1. The van der Waals surface area contributed by atoms with Gasteiger partial charge in [0.15, 0.2) is 5.11 Å². The van der Waals surface area contributed by atoms with Crippen molar-refractivity contribution in [3.63, 3.8) is 0 Å². The van der Waals surface area contributed by atoms with Crippen molar-refractivity contribution in [2.75, 3.05) is 19.0 Å². The van der Waals surface area contributed by atoms with Gasteiger partial charge in [0, 0.05) is 47.7 Å². The Morgan fingerprint density at radius 1 is 1.07 bits per heavy atom. The van der Waals surface area contributed by atoms with Gasteiger partial charge in [0.1, 0.15) is 5.75 Å². The minimum atomic E-state index is -0.440. The average Bonchev–Trinajstić information content (AvgIpc) is 3.53. The second-order valence-corrected chi connectivity index (χ2v) is 11.3. The summed E-state index contributed by atoms with van der Waals surface area (Å²) in [6, 6.07) is 25.7. The Hall–Kier alpha value is -5.29. The standard InChI is InChI=1S/C34H32N6O4S/c1-21-19-26(22(2)39(21)29-15-14-24(40(42)43)20-30(29)44-3)33-32(28-12-6-7-17-35-28)37-34(45)38(33)18-16-31(41)36-27-13-8-10-23-9-4-5-11-25(23)27/h4-15,17,19-20,32-33H,16,18H2,1-3H3,(H,36,41)(H,37,45)/t32-,33-/m0/s1. The van der Waals surface area contributed by atoms with E-state index < -0.39 is 4.92 Å². The van der Waals surface area contributed by atoms with Crippen LogP contribution in [0.4, 0.5) is 11.4 Å². The molecule has 0 bridgehead atoms. The maximum atomic E-state index is 13.3. The van der Waals surface area contributed by atoms with Crippen LogP contribution in [-0.4, -0.2) is 44.0 Å². The van der Waals surface area contributed by atoms with Gasteiger partial charge in [-0.3, -0.25) is 19.9 Å². The van der Waals surface area contributed by atoms with Crippen LogP contribution in [0.1, 0.15) is 41.1 Å². The zero-order valence-electron chi connectivity index (χ0n) is 25.1. The number of benzene rings is 3. The van der Waals surface area contributed by atoms with E-state index >= 15 is 0 Å². The quantitative estimate of drug-likeness (QED) is 0.108. The fraction of sp³-hybridized carbons (Fsp3) is 0.206. The van der Waals surface area contributed by atoms with Gasteiger partial charge in [-0.1, -0.05) is 42.5 Å². The lowest BCUT2D eigenvalue weighted by Crippen LogP contribution is -2.33. The Labute approximate surface area is 265 Å². The topological polar surface area (TPSA) is 115 Å². The van der Waals surface area contributed by atoms with Crippen LogP contribution in [0.25, 0.3) is 16.5 Å². The molecule has 0 aliphatic carbocycles. The fourth-order valence-corrected chi connectivity index (χ4v) is 6.51. The number of hydrogen-bond donors (Lipinski definition) is 2. The highest BCUT2D eigenvalue weighted by molar-refractivity contribution is 7.80. The molecule has 0 radical (unpaired) electrons. The molecule has 1 aliphatic heterocycles. The lowest BCUT2D eigenvalue weighted by Gasteiger charge is -2.28. The third kappa shape index (κ3) is 5.69. The number of rotatable bonds is 9. The summed E-state index contributed by atoms with van der Waals surface area (Å²) in [7, 11) is 1.50. The van der Waals surface area contributed by atoms with Crippen molar-refractivity contribution < 1.29 is 14.5 Å². The molecule has 0 unspecified atom stereocenters. The molecule has 1 fully saturated rings. The number of nitro groups is 1. The molecule has 1 saturated heterocycles. The SMILES string of the molecule is COc1cc([N+](=O)[O-])ccc1-n1c(C)cc([C@H]2[C@H](c3ccccn3)NC(=S)N2CCC(=O)Nc2cccc3ccccc23)c1C. The first kappa shape index (κ1) is 29.8. The number of pyridine rings is 1. The summed E-state index contributed by atoms with van der Waals surface area (Å²) in [5.74, 6) is 0.274. The Bertz CT molecular complexity index is 1920. The summed E-state index contributed by atoms with van der Waals surface area (Å²) < 4.78 is 7.61. The molecule has 2 atom stereocenters. The van der Waals surface area contributed by atoms with Gasteiger partial charge >= 0.3 is 0 Å². The summed E-state index contributed by atoms with van der Waals surface area (Å²) in [6.07, 6.45) is 1.97. The van der Waals surface area contributed by atoms with E-state index in [9.17, 15) is 14.9 Å². The van der Waals surface area contributed by atoms with Gasteiger partial charge in [-0.05, 0) is 67.3 Å². The second-order valence-electron chi connectivity index (χ2n) is 10.9. The maximum absolute atomic E-state index is 13.3. The average molecular weight is 621 g/mol. The van der Waals surface area contributed by atoms with Gasteiger partial charge in [0.25, 0.3) is 5.69 Å². The molecule has 3 heterocycles. The largest absolute Gasteiger partial charge is 0.494 e. The minimum Gasteiger partial charge on any atom is -0.494 e. The van der Waals surface area contributed by atoms with Gasteiger partial charge in [0.2, 0.25) is 5.91 Å². The number of thiocarbonyl (C=S) groups is 1. The third-order valence-corrected chi connectivity index (χ3v) is 8.60. The first-order chi connectivity index (χ1) is 21.8. The van der Waals surface area contributed by atoms with Crippen LogP contribution in [0.3, 0.4) is 0 Å². The summed E-state index contributed by atoms with van der Waals surface area (Å²) in [6.45, 7) is 4.36. The number of nitrogens with one attached hydrogen (secondary N) is 2. The van der Waals surface area contributed by atoms with Gasteiger partial charge < -0.3 is 24.8 Å². The predicted molar refractivity (Wildman–Crippen MR) is 178 cm³/mol. The molecule has 1 amide bonds. The third-order valence-electron chi connectivity index (χ3n) is 8.25. The molecule has 0 spiro atoms. The Morgan fingerprint density at radius 3 is 2.60 bits per heavy atom. The van der Waals surface area contributed by atoms with E-state index in [1.165, 1.54) is 19.2 Å². The number of ether oxygens (including phenoxy) is 1. The molecule has 2 aromatic heterocycles. The van der Waals surface area contributed by atoms with Crippen LogP contribution in [0.15, 0.2) is 91.1 Å². The van der Waals surface area contributed by atoms with E-state index in [-0.39, 0.29) is 30.1 Å². The van der Waals surface area contributed by atoms with Crippen molar-refractivity contribution in [3.05, 3.63) is 124 Å². The molecule has 10 nitrogen and oxygen atoms in total. The molecule has 3 aromatic carbocycles. The number of nitrogens with zero attached hydrogens (tertiary/aromatic N) is 4. The zero-order chi connectivity index (χ0) is 31.7. The Balaban J connectivity index is 1.34. The van der Waals surface area contributed by atoms with Gasteiger partial charge in [-0.2, -0.15) is 0 Å². The summed E-state index contributed by atoms with van der Waals surface area (Å²) >= 11 is 5.86. The van der Waals surface area contributed by atoms with Crippen molar-refractivity contribution >= 4 is 45.4 Å². The summed E-state index contributed by atoms with van der Waals surface area (Å²) in [4.78, 5) is 31.0. The van der Waals surface area contributed by atoms with Crippen molar-refractivity contribution in [2.24, 2.45) is 0 Å². The molecule has 1 aliphatic rings. The number of aromatic nitrogens is 2. The van der Waals surface area contributed by atoms with Crippen LogP contribution in [0, 0.1) is 24.0 Å². The van der Waals surface area contributed by atoms with Crippen molar-refractivity contribution in [2.45, 2.75) is 32.4 Å². The van der Waals surface area contributed by atoms with Crippen LogP contribution in [0.2, 0.25) is 0 Å². The highest BCUT2D eigenvalue weighted by atomic mass is 32.1. The van der Waals surface area contributed by atoms with Crippen molar-refractivity contribution in [1.82, 2.24) is 19.8 Å². The Morgan fingerprint density at radius 2 is 1.84 bits per heavy atom. The monoisotopic (exact) mass is 620 g/mol. The highest BCUT2D eigenvalue weighted by Gasteiger charge is 2.41. The number of aryl methyl sites for hydroxylation is 1. The predicted octanol–water partition coefficient (Wildman–Crippen LogP) is 6.56. The van der Waals surface area contributed by atoms with Gasteiger partial charge in [-0.15, -0.1) is 0 Å². The van der Waals surface area contributed by atoms with E-state index in [4.69, 9.17) is 17.0 Å². The lowest BCUT2D eigenvalue weighted by molar-refractivity contribution is -0.384. The molecular weight excluding hydrogens is 588 g/mol. The number of fused-ring (bicyclic) bond motifs is 1. The number of non-ortho nitro benzene ring substituents is 1. The van der Waals surface area contributed by atoms with Gasteiger partial charge in [-0.25, -0.2) is 0 Å². The number of carbonyl (C=O) groups excluding carboxylic acids is 1. The molecule has 45 heavy (non-hydrogen) atoms.